The number of hydrogen-bond acceptors (Lipinski definition) is 7. The Kier molecular flexibility index (Phi) is 6.60. The molecule has 2 N–H and O–H groups in total. The van der Waals surface area contributed by atoms with Gasteiger partial charge < -0.3 is 15.4 Å². The Labute approximate surface area is 236 Å². The van der Waals surface area contributed by atoms with Gasteiger partial charge in [0.2, 0.25) is 0 Å². The summed E-state index contributed by atoms with van der Waals surface area (Å²) in [6, 6.07) is 14.1. The van der Waals surface area contributed by atoms with E-state index in [0.29, 0.717) is 16.4 Å². The van der Waals surface area contributed by atoms with Crippen LogP contribution in [-0.4, -0.2) is 58.7 Å². The number of pyridine rings is 1. The van der Waals surface area contributed by atoms with Crippen molar-refractivity contribution in [2.75, 3.05) is 12.0 Å². The third kappa shape index (κ3) is 4.74. The zero-order valence-electron chi connectivity index (χ0n) is 23.2. The van der Waals surface area contributed by atoms with E-state index >= 15 is 0 Å². The maximum Gasteiger partial charge on any atom is 0.410 e. The Balaban J connectivity index is 1.36. The molecule has 0 aliphatic carbocycles. The van der Waals surface area contributed by atoms with E-state index < -0.39 is 16.4 Å². The zero-order chi connectivity index (χ0) is 28.2. The van der Waals surface area contributed by atoms with Crippen LogP contribution in [-0.2, 0) is 15.5 Å². The number of hydrogen-bond donors (Lipinski definition) is 1. The van der Waals surface area contributed by atoms with Crippen molar-refractivity contribution < 1.29 is 13.7 Å². The van der Waals surface area contributed by atoms with Crippen LogP contribution in [0, 0.1) is 0 Å². The van der Waals surface area contributed by atoms with Gasteiger partial charge in [-0.15, -0.1) is 0 Å². The van der Waals surface area contributed by atoms with Gasteiger partial charge >= 0.3 is 6.09 Å². The van der Waals surface area contributed by atoms with Crippen molar-refractivity contribution in [3.63, 3.8) is 0 Å². The first-order chi connectivity index (χ1) is 19.1. The number of benzene rings is 1. The molecule has 0 radical (unpaired) electrons. The van der Waals surface area contributed by atoms with Gasteiger partial charge in [-0.1, -0.05) is 36.4 Å². The van der Waals surface area contributed by atoms with Crippen LogP contribution < -0.4 is 5.73 Å². The second kappa shape index (κ2) is 9.99. The summed E-state index contributed by atoms with van der Waals surface area (Å²) in [5.41, 5.74) is 11.0. The molecule has 6 rings (SSSR count). The first-order valence-electron chi connectivity index (χ1n) is 13.6. The minimum absolute atomic E-state index is 0.0173. The van der Waals surface area contributed by atoms with Crippen LogP contribution >= 0.6 is 0 Å². The lowest BCUT2D eigenvalue weighted by Crippen LogP contribution is -2.48. The molecule has 0 saturated carbocycles. The van der Waals surface area contributed by atoms with Crippen LogP contribution in [0.5, 0.6) is 0 Å². The van der Waals surface area contributed by atoms with Crippen LogP contribution in [0.2, 0.25) is 0 Å². The number of fused-ring (bicyclic) bond motifs is 3. The lowest BCUT2D eigenvalue weighted by molar-refractivity contribution is 0.00560. The molecule has 2 aliphatic rings. The minimum atomic E-state index is -1.37. The number of ether oxygens (including phenoxy) is 1. The van der Waals surface area contributed by atoms with Crippen molar-refractivity contribution in [3.05, 3.63) is 60.6 Å². The molecule has 4 atom stereocenters. The fourth-order valence-corrected chi connectivity index (χ4v) is 7.03. The molecule has 3 aromatic heterocycles. The minimum Gasteiger partial charge on any atom is -0.444 e. The van der Waals surface area contributed by atoms with E-state index in [1.165, 1.54) is 0 Å². The number of piperidine rings is 1. The van der Waals surface area contributed by atoms with Gasteiger partial charge in [0.05, 0.1) is 28.4 Å². The molecule has 2 aliphatic heterocycles. The van der Waals surface area contributed by atoms with Gasteiger partial charge in [-0.05, 0) is 52.5 Å². The lowest BCUT2D eigenvalue weighted by atomic mass is 9.88. The highest BCUT2D eigenvalue weighted by Gasteiger charge is 2.46. The fourth-order valence-electron chi connectivity index (χ4n) is 6.14. The van der Waals surface area contributed by atoms with Crippen molar-refractivity contribution >= 4 is 28.4 Å². The van der Waals surface area contributed by atoms with Crippen LogP contribution in [0.15, 0.2) is 59.8 Å². The fraction of sp³-hybridized carbons (Fsp3) is 0.400. The van der Waals surface area contributed by atoms with Gasteiger partial charge in [-0.2, -0.15) is 9.61 Å². The van der Waals surface area contributed by atoms with Crippen molar-refractivity contribution in [3.8, 4) is 22.4 Å². The number of aromatic nitrogens is 4. The molecule has 2 bridgehead atoms. The van der Waals surface area contributed by atoms with Crippen molar-refractivity contribution in [2.24, 2.45) is 0 Å². The van der Waals surface area contributed by atoms with Crippen LogP contribution in [0.4, 0.5) is 10.6 Å². The first kappa shape index (κ1) is 26.4. The zero-order valence-corrected chi connectivity index (χ0v) is 24.0. The molecule has 40 heavy (non-hydrogen) atoms. The maximum absolute atomic E-state index is 13.0. The summed E-state index contributed by atoms with van der Waals surface area (Å²) < 4.78 is 20.3. The molecule has 2 fully saturated rings. The third-order valence-electron chi connectivity index (χ3n) is 7.82. The molecule has 4 aromatic rings. The SMILES string of the molecule is CS(=O)c1c(C2CC3CC[C@@H](C2)N3C(=O)OC(C)(C)C)nc2c(-c3ccc(-c4ccccc4)nc3)cnn2c1N. The van der Waals surface area contributed by atoms with E-state index in [9.17, 15) is 9.00 Å². The predicted molar refractivity (Wildman–Crippen MR) is 155 cm³/mol. The van der Waals surface area contributed by atoms with E-state index in [-0.39, 0.29) is 24.1 Å². The largest absolute Gasteiger partial charge is 0.444 e. The molecule has 1 aromatic carbocycles. The number of anilines is 1. The highest BCUT2D eigenvalue weighted by Crippen LogP contribution is 2.45. The average Bonchev–Trinajstić information content (AvgIpc) is 3.46. The molecule has 10 heteroatoms. The van der Waals surface area contributed by atoms with E-state index in [1.54, 1.807) is 17.0 Å². The monoisotopic (exact) mass is 558 g/mol. The summed E-state index contributed by atoms with van der Waals surface area (Å²) in [6.07, 6.45) is 8.20. The number of carbonyl (C=O) groups excluding carboxylic acids is 1. The van der Waals surface area contributed by atoms with Crippen molar-refractivity contribution in [1.29, 1.82) is 0 Å². The van der Waals surface area contributed by atoms with E-state index in [0.717, 1.165) is 53.8 Å². The number of amides is 1. The van der Waals surface area contributed by atoms with Crippen LogP contribution in [0.3, 0.4) is 0 Å². The number of carbonyl (C=O) groups is 1. The molecule has 5 heterocycles. The number of nitrogens with zero attached hydrogens (tertiary/aromatic N) is 5. The van der Waals surface area contributed by atoms with Gasteiger partial charge in [-0.3, -0.25) is 9.19 Å². The first-order valence-corrected chi connectivity index (χ1v) is 15.2. The Morgan fingerprint density at radius 1 is 1.02 bits per heavy atom. The molecule has 1 amide bonds. The van der Waals surface area contributed by atoms with Crippen LogP contribution in [0.1, 0.15) is 58.1 Å². The summed E-state index contributed by atoms with van der Waals surface area (Å²) in [4.78, 5) is 25.2. The molecule has 0 spiro atoms. The Morgan fingerprint density at radius 2 is 1.73 bits per heavy atom. The summed E-state index contributed by atoms with van der Waals surface area (Å²) in [5.74, 6) is 0.353. The van der Waals surface area contributed by atoms with Gasteiger partial charge in [0.25, 0.3) is 0 Å². The molecule has 2 saturated heterocycles. The Bertz CT molecular complexity index is 1580. The van der Waals surface area contributed by atoms with E-state index in [2.05, 4.69) is 10.1 Å². The van der Waals surface area contributed by atoms with Gasteiger partial charge in [0.1, 0.15) is 16.3 Å². The Morgan fingerprint density at radius 3 is 2.33 bits per heavy atom. The highest BCUT2D eigenvalue weighted by atomic mass is 32.2. The number of rotatable bonds is 4. The van der Waals surface area contributed by atoms with E-state index in [4.69, 9.17) is 15.5 Å². The molecular formula is C30H34N6O3S. The predicted octanol–water partition coefficient (Wildman–Crippen LogP) is 5.42. The quantitative estimate of drug-likeness (QED) is 0.355. The second-order valence-electron chi connectivity index (χ2n) is 11.7. The highest BCUT2D eigenvalue weighted by molar-refractivity contribution is 7.84. The summed E-state index contributed by atoms with van der Waals surface area (Å²) in [7, 11) is -1.37. The molecule has 208 valence electrons. The second-order valence-corrected chi connectivity index (χ2v) is 13.0. The molecule has 9 nitrogen and oxygen atoms in total. The topological polar surface area (TPSA) is 116 Å². The van der Waals surface area contributed by atoms with E-state index in [1.807, 2.05) is 74.3 Å². The summed E-state index contributed by atoms with van der Waals surface area (Å²) >= 11 is 0. The third-order valence-corrected chi connectivity index (χ3v) is 8.81. The van der Waals surface area contributed by atoms with Crippen LogP contribution in [0.25, 0.3) is 28.0 Å². The molecule has 3 unspecified atom stereocenters. The normalized spacial score (nSPS) is 21.5. The maximum atomic E-state index is 13.0. The van der Waals surface area contributed by atoms with Gasteiger partial charge in [-0.25, -0.2) is 9.78 Å². The van der Waals surface area contributed by atoms with Gasteiger partial charge in [0.15, 0.2) is 5.65 Å². The smallest absolute Gasteiger partial charge is 0.410 e. The number of nitrogens with two attached hydrogens (primary N) is 1. The molecular weight excluding hydrogens is 524 g/mol. The van der Waals surface area contributed by atoms with Crippen molar-refractivity contribution in [2.45, 2.75) is 75.0 Å². The summed E-state index contributed by atoms with van der Waals surface area (Å²) in [5, 5.41) is 4.51. The average molecular weight is 559 g/mol. The number of nitrogen functional groups attached to an aromatic ring is 1. The Hall–Kier alpha value is -3.79. The van der Waals surface area contributed by atoms with Crippen molar-refractivity contribution in [1.82, 2.24) is 24.5 Å². The standard InChI is InChI=1S/C30H34N6O3S/c1-30(2,3)39-29(37)35-21-11-12-22(35)15-20(14-21)25-26(40(4)38)27(31)36-28(34-25)23(17-33-36)19-10-13-24(32-16-19)18-8-6-5-7-9-18/h5-10,13,16-17,20-22H,11-12,14-15,31H2,1-4H3/t20?,21-,22?,40?/m0/s1. The summed E-state index contributed by atoms with van der Waals surface area (Å²) in [6.45, 7) is 5.66. The lowest BCUT2D eigenvalue weighted by Gasteiger charge is -2.39. The van der Waals surface area contributed by atoms with Gasteiger partial charge in [0, 0.05) is 47.1 Å².